The van der Waals surface area contributed by atoms with Gasteiger partial charge in [-0.2, -0.15) is 0 Å². The van der Waals surface area contributed by atoms with Gasteiger partial charge in [0.25, 0.3) is 11.8 Å². The van der Waals surface area contributed by atoms with E-state index in [9.17, 15) is 24.0 Å². The highest BCUT2D eigenvalue weighted by Gasteiger charge is 2.44. The van der Waals surface area contributed by atoms with Gasteiger partial charge in [0.1, 0.15) is 17.4 Å². The molecule has 3 aliphatic rings. The number of fused-ring (bicyclic) bond motifs is 1. The Hall–Kier alpha value is -4.25. The van der Waals surface area contributed by atoms with Crippen LogP contribution in [-0.2, 0) is 14.3 Å². The Morgan fingerprint density at radius 1 is 0.932 bits per heavy atom. The highest BCUT2D eigenvalue weighted by Crippen LogP contribution is 2.30. The molecule has 0 saturated carbocycles. The summed E-state index contributed by atoms with van der Waals surface area (Å²) in [5.41, 5.74) is 1.50. The minimum Gasteiger partial charge on any atom is -0.494 e. The van der Waals surface area contributed by atoms with E-state index in [1.807, 2.05) is 45.0 Å². The molecular formula is C33H40N4O7. The van der Waals surface area contributed by atoms with Crippen molar-refractivity contribution in [1.29, 1.82) is 0 Å². The number of piperidine rings is 1. The average molecular weight is 605 g/mol. The van der Waals surface area contributed by atoms with Gasteiger partial charge in [-0.15, -0.1) is 0 Å². The second kappa shape index (κ2) is 12.4. The monoisotopic (exact) mass is 604 g/mol. The van der Waals surface area contributed by atoms with Gasteiger partial charge in [0.15, 0.2) is 0 Å². The number of esters is 1. The standard InChI is InChI=1S/C33H40N4O7/c1-20-18-35(23-9-7-22(8-10-23)32(42)44-33(3,4)5)19-21(2)36(20)15-6-16-43-24-11-12-25-26(17-24)31(41)37(30(25)40)27-13-14-28(38)34-29(27)39/h7-12,17,20-21,27H,6,13-16,18-19H2,1-5H3,(H,34,38,39)/t20-,21+,27?. The predicted octanol–water partition coefficient (Wildman–Crippen LogP) is 3.41. The van der Waals surface area contributed by atoms with Crippen LogP contribution < -0.4 is 15.0 Å². The second-order valence-electron chi connectivity index (χ2n) is 12.7. The first-order valence-corrected chi connectivity index (χ1v) is 15.1. The molecule has 1 unspecified atom stereocenters. The lowest BCUT2D eigenvalue weighted by Crippen LogP contribution is -2.57. The lowest BCUT2D eigenvalue weighted by Gasteiger charge is -2.45. The maximum atomic E-state index is 13.1. The maximum Gasteiger partial charge on any atom is 0.338 e. The van der Waals surface area contributed by atoms with Crippen molar-refractivity contribution in [2.45, 2.75) is 77.6 Å². The number of imide groups is 2. The Kier molecular flexibility index (Phi) is 8.78. The van der Waals surface area contributed by atoms with E-state index in [1.54, 1.807) is 18.2 Å². The van der Waals surface area contributed by atoms with Gasteiger partial charge in [-0.05, 0) is 89.9 Å². The molecule has 2 saturated heterocycles. The van der Waals surface area contributed by atoms with E-state index in [4.69, 9.17) is 9.47 Å². The number of anilines is 1. The normalized spacial score (nSPS) is 22.6. The van der Waals surface area contributed by atoms with Crippen molar-refractivity contribution in [1.82, 2.24) is 15.1 Å². The smallest absolute Gasteiger partial charge is 0.338 e. The van der Waals surface area contributed by atoms with Crippen LogP contribution in [0, 0.1) is 0 Å². The van der Waals surface area contributed by atoms with Gasteiger partial charge < -0.3 is 14.4 Å². The lowest BCUT2D eigenvalue weighted by atomic mass is 10.0. The largest absolute Gasteiger partial charge is 0.494 e. The number of nitrogens with one attached hydrogen (secondary N) is 1. The molecule has 2 fully saturated rings. The summed E-state index contributed by atoms with van der Waals surface area (Å²) in [5, 5.41) is 2.20. The van der Waals surface area contributed by atoms with Gasteiger partial charge in [0.05, 0.1) is 23.3 Å². The van der Waals surface area contributed by atoms with Crippen LogP contribution in [0.4, 0.5) is 5.69 Å². The van der Waals surface area contributed by atoms with E-state index in [2.05, 4.69) is 29.0 Å². The van der Waals surface area contributed by atoms with E-state index in [0.29, 0.717) is 30.0 Å². The van der Waals surface area contributed by atoms with Crippen LogP contribution in [0.15, 0.2) is 42.5 Å². The molecule has 0 bridgehead atoms. The third-order valence-corrected chi connectivity index (χ3v) is 8.21. The summed E-state index contributed by atoms with van der Waals surface area (Å²) in [6.45, 7) is 12.9. The molecule has 0 aliphatic carbocycles. The SMILES string of the molecule is C[C@@H]1CN(c2ccc(C(=O)OC(C)(C)C)cc2)C[C@H](C)N1CCCOc1ccc2c(c1)C(=O)N(C1CCC(=O)NC1=O)C2=O. The van der Waals surface area contributed by atoms with Crippen LogP contribution in [-0.4, -0.2) is 89.4 Å². The molecule has 0 radical (unpaired) electrons. The quantitative estimate of drug-likeness (QED) is 0.274. The first kappa shape index (κ1) is 31.2. The van der Waals surface area contributed by atoms with Gasteiger partial charge in [-0.3, -0.25) is 34.3 Å². The molecule has 2 aromatic carbocycles. The van der Waals surface area contributed by atoms with E-state index in [1.165, 1.54) is 0 Å². The molecule has 0 aromatic heterocycles. The topological polar surface area (TPSA) is 126 Å². The van der Waals surface area contributed by atoms with Gasteiger partial charge in [0, 0.05) is 43.8 Å². The number of hydrogen-bond donors (Lipinski definition) is 1. The van der Waals surface area contributed by atoms with E-state index < -0.39 is 35.3 Å². The van der Waals surface area contributed by atoms with Gasteiger partial charge in [-0.25, -0.2) is 4.79 Å². The Balaban J connectivity index is 1.11. The summed E-state index contributed by atoms with van der Waals surface area (Å²) < 4.78 is 11.4. The third kappa shape index (κ3) is 6.62. The molecule has 11 nitrogen and oxygen atoms in total. The highest BCUT2D eigenvalue weighted by molar-refractivity contribution is 6.23. The first-order chi connectivity index (χ1) is 20.8. The maximum absolute atomic E-state index is 13.1. The number of amides is 4. The van der Waals surface area contributed by atoms with E-state index in [-0.39, 0.29) is 29.9 Å². The third-order valence-electron chi connectivity index (χ3n) is 8.21. The van der Waals surface area contributed by atoms with Gasteiger partial charge in [0.2, 0.25) is 11.8 Å². The minimum absolute atomic E-state index is 0.0768. The first-order valence-electron chi connectivity index (χ1n) is 15.1. The Bertz CT molecular complexity index is 1450. The zero-order chi connectivity index (χ0) is 31.8. The number of carbonyl (C=O) groups is 5. The van der Waals surface area contributed by atoms with Crippen LogP contribution in [0.5, 0.6) is 5.75 Å². The molecule has 1 N–H and O–H groups in total. The molecule has 234 valence electrons. The summed E-state index contributed by atoms with van der Waals surface area (Å²) in [7, 11) is 0. The van der Waals surface area contributed by atoms with Crippen molar-refractivity contribution >= 4 is 35.3 Å². The average Bonchev–Trinajstić information content (AvgIpc) is 3.20. The Labute approximate surface area is 257 Å². The van der Waals surface area contributed by atoms with Crippen molar-refractivity contribution in [2.24, 2.45) is 0 Å². The molecule has 11 heteroatoms. The zero-order valence-corrected chi connectivity index (χ0v) is 25.9. The fourth-order valence-corrected chi connectivity index (χ4v) is 6.13. The van der Waals surface area contributed by atoms with Crippen LogP contribution in [0.2, 0.25) is 0 Å². The van der Waals surface area contributed by atoms with E-state index >= 15 is 0 Å². The molecule has 3 atom stereocenters. The summed E-state index contributed by atoms with van der Waals surface area (Å²) in [5.74, 6) is -1.97. The summed E-state index contributed by atoms with van der Waals surface area (Å²) in [6, 6.07) is 12.0. The van der Waals surface area contributed by atoms with Crippen LogP contribution in [0.3, 0.4) is 0 Å². The number of nitrogens with zero attached hydrogens (tertiary/aromatic N) is 3. The number of piperazine rings is 1. The van der Waals surface area contributed by atoms with Crippen LogP contribution >= 0.6 is 0 Å². The predicted molar refractivity (Wildman–Crippen MR) is 163 cm³/mol. The number of hydrogen-bond acceptors (Lipinski definition) is 9. The number of carbonyl (C=O) groups excluding carboxylic acids is 5. The Morgan fingerprint density at radius 3 is 2.23 bits per heavy atom. The number of rotatable bonds is 8. The molecule has 0 spiro atoms. The number of benzene rings is 2. The lowest BCUT2D eigenvalue weighted by molar-refractivity contribution is -0.136. The molecule has 4 amide bonds. The molecular weight excluding hydrogens is 564 g/mol. The molecule has 2 aromatic rings. The van der Waals surface area contributed by atoms with Crippen molar-refractivity contribution in [2.75, 3.05) is 31.1 Å². The van der Waals surface area contributed by atoms with Crippen molar-refractivity contribution in [3.05, 3.63) is 59.2 Å². The molecule has 44 heavy (non-hydrogen) atoms. The summed E-state index contributed by atoms with van der Waals surface area (Å²) in [4.78, 5) is 67.9. The Morgan fingerprint density at radius 2 is 1.59 bits per heavy atom. The fourth-order valence-electron chi connectivity index (χ4n) is 6.13. The number of ether oxygens (including phenoxy) is 2. The zero-order valence-electron chi connectivity index (χ0n) is 25.9. The van der Waals surface area contributed by atoms with Crippen LogP contribution in [0.25, 0.3) is 0 Å². The van der Waals surface area contributed by atoms with Crippen LogP contribution in [0.1, 0.15) is 85.0 Å². The minimum atomic E-state index is -0.995. The fraction of sp³-hybridized carbons (Fsp3) is 0.485. The highest BCUT2D eigenvalue weighted by atomic mass is 16.6. The molecule has 3 aliphatic heterocycles. The summed E-state index contributed by atoms with van der Waals surface area (Å²) in [6.07, 6.45) is 0.962. The molecule has 3 heterocycles. The van der Waals surface area contributed by atoms with Crippen molar-refractivity contribution in [3.63, 3.8) is 0 Å². The van der Waals surface area contributed by atoms with Crippen molar-refractivity contribution < 1.29 is 33.4 Å². The van der Waals surface area contributed by atoms with Crippen molar-refractivity contribution in [3.8, 4) is 5.75 Å². The second-order valence-corrected chi connectivity index (χ2v) is 12.7. The van der Waals surface area contributed by atoms with Gasteiger partial charge >= 0.3 is 5.97 Å². The van der Waals surface area contributed by atoms with E-state index in [0.717, 1.165) is 36.6 Å². The summed E-state index contributed by atoms with van der Waals surface area (Å²) >= 11 is 0. The van der Waals surface area contributed by atoms with Gasteiger partial charge in [-0.1, -0.05) is 0 Å². The molecule has 5 rings (SSSR count).